The molecule has 0 N–H and O–H groups in total. The van der Waals surface area contributed by atoms with Crippen molar-refractivity contribution in [1.29, 1.82) is 0 Å². The molecule has 120 valence electrons. The van der Waals surface area contributed by atoms with Crippen LogP contribution in [-0.4, -0.2) is 36.2 Å². The molecule has 0 radical (unpaired) electrons. The van der Waals surface area contributed by atoms with E-state index in [1.807, 2.05) is 0 Å². The third-order valence-electron chi connectivity index (χ3n) is 4.71. The Morgan fingerprint density at radius 2 is 2.09 bits per heavy atom. The minimum absolute atomic E-state index is 0.162. The summed E-state index contributed by atoms with van der Waals surface area (Å²) < 4.78 is 15.9. The van der Waals surface area contributed by atoms with Crippen LogP contribution in [0.4, 0.5) is 0 Å². The van der Waals surface area contributed by atoms with Gasteiger partial charge < -0.3 is 14.2 Å². The van der Waals surface area contributed by atoms with Gasteiger partial charge in [-0.3, -0.25) is 4.79 Å². The van der Waals surface area contributed by atoms with Crippen molar-refractivity contribution in [3.05, 3.63) is 12.2 Å². The molecule has 2 aliphatic heterocycles. The molecule has 4 aliphatic rings. The van der Waals surface area contributed by atoms with Gasteiger partial charge in [-0.05, 0) is 32.1 Å². The van der Waals surface area contributed by atoms with E-state index in [0.717, 1.165) is 19.3 Å². The highest BCUT2D eigenvalue weighted by Gasteiger charge is 2.54. The lowest BCUT2D eigenvalue weighted by Gasteiger charge is -2.45. The summed E-state index contributed by atoms with van der Waals surface area (Å²) in [4.78, 5) is 35.2. The van der Waals surface area contributed by atoms with Crippen LogP contribution in [0.3, 0.4) is 0 Å². The lowest BCUT2D eigenvalue weighted by Crippen LogP contribution is -2.48. The molecule has 0 aromatic rings. The first-order chi connectivity index (χ1) is 10.4. The highest BCUT2D eigenvalue weighted by Crippen LogP contribution is 2.51. The van der Waals surface area contributed by atoms with Gasteiger partial charge in [-0.2, -0.15) is 0 Å². The molecule has 6 heteroatoms. The zero-order valence-electron chi connectivity index (χ0n) is 12.6. The van der Waals surface area contributed by atoms with Crippen molar-refractivity contribution in [3.8, 4) is 0 Å². The van der Waals surface area contributed by atoms with E-state index in [-0.39, 0.29) is 23.6 Å². The zero-order chi connectivity index (χ0) is 15.9. The van der Waals surface area contributed by atoms with Crippen molar-refractivity contribution in [2.45, 2.75) is 50.7 Å². The van der Waals surface area contributed by atoms with Crippen molar-refractivity contribution in [2.75, 3.05) is 6.61 Å². The Bertz CT molecular complexity index is 539. The molecule has 0 spiro atoms. The van der Waals surface area contributed by atoms with E-state index < -0.39 is 24.1 Å². The lowest BCUT2D eigenvalue weighted by molar-refractivity contribution is -0.180. The maximum atomic E-state index is 12.0. The number of hydrogen-bond donors (Lipinski definition) is 0. The third-order valence-corrected chi connectivity index (χ3v) is 4.71. The van der Waals surface area contributed by atoms with Crippen molar-refractivity contribution >= 4 is 17.9 Å². The van der Waals surface area contributed by atoms with E-state index in [9.17, 15) is 14.4 Å². The molecule has 0 aromatic heterocycles. The molecule has 2 saturated carbocycles. The van der Waals surface area contributed by atoms with Gasteiger partial charge in [0.15, 0.2) is 6.61 Å². The van der Waals surface area contributed by atoms with Gasteiger partial charge in [0, 0.05) is 18.4 Å². The number of carbonyl (C=O) groups is 3. The molecule has 4 rings (SSSR count). The maximum Gasteiger partial charge on any atom is 0.344 e. The van der Waals surface area contributed by atoms with E-state index >= 15 is 0 Å². The van der Waals surface area contributed by atoms with Gasteiger partial charge in [0.25, 0.3) is 0 Å². The van der Waals surface area contributed by atoms with E-state index in [1.54, 1.807) is 0 Å². The third kappa shape index (κ3) is 2.87. The largest absolute Gasteiger partial charge is 0.462 e. The summed E-state index contributed by atoms with van der Waals surface area (Å²) in [5.74, 6) is -1.19. The van der Waals surface area contributed by atoms with Crippen LogP contribution in [0.2, 0.25) is 0 Å². The SMILES string of the molecule is C=C(C)C(=O)OCC(=O)OC12CC3CC(C1)OC(=O)C(C3)C2. The maximum absolute atomic E-state index is 12.0. The molecule has 4 fully saturated rings. The fourth-order valence-electron chi connectivity index (χ4n) is 4.02. The molecule has 4 bridgehead atoms. The molecule has 6 nitrogen and oxygen atoms in total. The predicted octanol–water partition coefficient (Wildman–Crippen LogP) is 1.52. The first-order valence-corrected chi connectivity index (χ1v) is 7.62. The molecule has 4 atom stereocenters. The second-order valence-electron chi connectivity index (χ2n) is 6.72. The van der Waals surface area contributed by atoms with E-state index in [4.69, 9.17) is 14.2 Å². The molecule has 0 amide bonds. The topological polar surface area (TPSA) is 78.9 Å². The monoisotopic (exact) mass is 308 g/mol. The minimum atomic E-state index is -0.643. The number of rotatable bonds is 4. The fraction of sp³-hybridized carbons (Fsp3) is 0.688. The van der Waals surface area contributed by atoms with Crippen LogP contribution in [0.15, 0.2) is 12.2 Å². The van der Waals surface area contributed by atoms with Crippen LogP contribution in [0.5, 0.6) is 0 Å². The highest BCUT2D eigenvalue weighted by molar-refractivity contribution is 5.88. The quantitative estimate of drug-likeness (QED) is 0.445. The standard InChI is InChI=1S/C16H20O6/c1-9(2)14(18)20-8-13(17)22-16-5-10-3-11(6-16)15(19)21-12(4-10)7-16/h10-12H,1,3-8H2,2H3. The van der Waals surface area contributed by atoms with Crippen LogP contribution < -0.4 is 0 Å². The summed E-state index contributed by atoms with van der Waals surface area (Å²) in [6.07, 6.45) is 3.33. The van der Waals surface area contributed by atoms with Crippen LogP contribution >= 0.6 is 0 Å². The Labute approximate surface area is 128 Å². The van der Waals surface area contributed by atoms with Gasteiger partial charge in [-0.1, -0.05) is 6.58 Å². The van der Waals surface area contributed by atoms with E-state index in [0.29, 0.717) is 18.8 Å². The average molecular weight is 308 g/mol. The number of carbonyl (C=O) groups excluding carboxylic acids is 3. The highest BCUT2D eigenvalue weighted by atomic mass is 16.6. The Balaban J connectivity index is 1.64. The van der Waals surface area contributed by atoms with Gasteiger partial charge in [-0.25, -0.2) is 9.59 Å². The fourth-order valence-corrected chi connectivity index (χ4v) is 4.02. The van der Waals surface area contributed by atoms with Gasteiger partial charge >= 0.3 is 17.9 Å². The molecule has 2 saturated heterocycles. The van der Waals surface area contributed by atoms with Crippen molar-refractivity contribution < 1.29 is 28.6 Å². The van der Waals surface area contributed by atoms with Crippen molar-refractivity contribution in [2.24, 2.45) is 11.8 Å². The summed E-state index contributed by atoms with van der Waals surface area (Å²) in [7, 11) is 0. The van der Waals surface area contributed by atoms with Gasteiger partial charge in [0.05, 0.1) is 5.92 Å². The number of esters is 3. The summed E-state index contributed by atoms with van der Waals surface area (Å²) in [6.45, 7) is 4.54. The van der Waals surface area contributed by atoms with Crippen LogP contribution in [-0.2, 0) is 28.6 Å². The van der Waals surface area contributed by atoms with E-state index in [1.165, 1.54) is 6.92 Å². The first-order valence-electron chi connectivity index (χ1n) is 7.62. The Kier molecular flexibility index (Phi) is 3.70. The second-order valence-corrected chi connectivity index (χ2v) is 6.72. The van der Waals surface area contributed by atoms with Gasteiger partial charge in [-0.15, -0.1) is 0 Å². The Hall–Kier alpha value is -1.85. The average Bonchev–Trinajstić information content (AvgIpc) is 2.58. The van der Waals surface area contributed by atoms with E-state index in [2.05, 4.69) is 6.58 Å². The Morgan fingerprint density at radius 3 is 2.82 bits per heavy atom. The molecule has 22 heavy (non-hydrogen) atoms. The molecule has 2 aliphatic carbocycles. The lowest BCUT2D eigenvalue weighted by atomic mass is 9.65. The first kappa shape index (κ1) is 15.1. The summed E-state index contributed by atoms with van der Waals surface area (Å²) in [5, 5.41) is 0. The van der Waals surface area contributed by atoms with Crippen LogP contribution in [0.25, 0.3) is 0 Å². The number of ether oxygens (including phenoxy) is 3. The summed E-state index contributed by atoms with van der Waals surface area (Å²) in [6, 6.07) is 0. The predicted molar refractivity (Wildman–Crippen MR) is 74.5 cm³/mol. The molecule has 4 unspecified atom stereocenters. The zero-order valence-corrected chi connectivity index (χ0v) is 12.6. The summed E-state index contributed by atoms with van der Waals surface area (Å²) in [5.41, 5.74) is -0.409. The summed E-state index contributed by atoms with van der Waals surface area (Å²) >= 11 is 0. The van der Waals surface area contributed by atoms with Gasteiger partial charge in [0.2, 0.25) is 0 Å². The molecule has 2 heterocycles. The smallest absolute Gasteiger partial charge is 0.344 e. The van der Waals surface area contributed by atoms with Crippen molar-refractivity contribution in [1.82, 2.24) is 0 Å². The molecular weight excluding hydrogens is 288 g/mol. The van der Waals surface area contributed by atoms with Crippen LogP contribution in [0, 0.1) is 11.8 Å². The van der Waals surface area contributed by atoms with Crippen LogP contribution in [0.1, 0.15) is 39.0 Å². The number of fused-ring (bicyclic) bond motifs is 1. The minimum Gasteiger partial charge on any atom is -0.462 e. The second kappa shape index (κ2) is 5.41. The van der Waals surface area contributed by atoms with Crippen molar-refractivity contribution in [3.63, 3.8) is 0 Å². The number of hydrogen-bond acceptors (Lipinski definition) is 6. The van der Waals surface area contributed by atoms with Gasteiger partial charge in [0.1, 0.15) is 11.7 Å². The molecule has 0 aromatic carbocycles. The Morgan fingerprint density at radius 1 is 1.32 bits per heavy atom. The normalized spacial score (nSPS) is 35.5. The molecular formula is C16H20O6.